The Balaban J connectivity index is 2.48. The van der Waals surface area contributed by atoms with Crippen LogP contribution in [0.5, 0.6) is 0 Å². The molecule has 0 spiro atoms. The van der Waals surface area contributed by atoms with E-state index in [9.17, 15) is 5.11 Å². The zero-order valence-electron chi connectivity index (χ0n) is 9.34. The lowest BCUT2D eigenvalue weighted by Gasteiger charge is -2.32. The van der Waals surface area contributed by atoms with Gasteiger partial charge in [-0.05, 0) is 24.2 Å². The molecule has 1 aliphatic rings. The summed E-state index contributed by atoms with van der Waals surface area (Å²) in [5.41, 5.74) is 0.0645. The van der Waals surface area contributed by atoms with E-state index in [0.29, 0.717) is 5.92 Å². The van der Waals surface area contributed by atoms with Crippen LogP contribution in [0.3, 0.4) is 0 Å². The fourth-order valence-electron chi connectivity index (χ4n) is 2.33. The molecule has 0 aromatic heterocycles. The summed E-state index contributed by atoms with van der Waals surface area (Å²) in [6.07, 6.45) is 7.73. The molecule has 0 amide bonds. The number of aliphatic hydroxyl groups is 1. The van der Waals surface area contributed by atoms with Crippen molar-refractivity contribution in [1.29, 1.82) is 0 Å². The maximum Gasteiger partial charge on any atom is 0.0616 e. The molecule has 13 heavy (non-hydrogen) atoms. The molecule has 1 unspecified atom stereocenters. The fraction of sp³-hybridized carbons (Fsp3) is 1.00. The molecule has 1 nitrogen and oxygen atoms in total. The van der Waals surface area contributed by atoms with E-state index >= 15 is 0 Å². The molecular formula is C12H24O. The van der Waals surface area contributed by atoms with Gasteiger partial charge in [0.2, 0.25) is 0 Å². The lowest BCUT2D eigenvalue weighted by molar-refractivity contribution is 0.00603. The van der Waals surface area contributed by atoms with Gasteiger partial charge < -0.3 is 5.11 Å². The van der Waals surface area contributed by atoms with Gasteiger partial charge in [0.15, 0.2) is 0 Å². The lowest BCUT2D eigenvalue weighted by Crippen LogP contribution is -2.33. The molecule has 0 aromatic rings. The second-order valence-electron chi connectivity index (χ2n) is 5.56. The molecule has 1 fully saturated rings. The van der Waals surface area contributed by atoms with Gasteiger partial charge in [-0.15, -0.1) is 0 Å². The van der Waals surface area contributed by atoms with E-state index in [2.05, 4.69) is 20.8 Å². The van der Waals surface area contributed by atoms with Crippen LogP contribution in [0.1, 0.15) is 59.3 Å². The van der Waals surface area contributed by atoms with E-state index in [4.69, 9.17) is 0 Å². The Bertz CT molecular complexity index is 138. The van der Waals surface area contributed by atoms with Crippen molar-refractivity contribution in [3.05, 3.63) is 0 Å². The van der Waals surface area contributed by atoms with E-state index < -0.39 is 0 Å². The highest BCUT2D eigenvalue weighted by molar-refractivity contribution is 4.81. The Labute approximate surface area is 82.5 Å². The van der Waals surface area contributed by atoms with Crippen LogP contribution in [-0.2, 0) is 0 Å². The highest BCUT2D eigenvalue weighted by Crippen LogP contribution is 2.33. The molecule has 1 aliphatic carbocycles. The minimum Gasteiger partial charge on any atom is -0.392 e. The first-order chi connectivity index (χ1) is 6.02. The average molecular weight is 184 g/mol. The summed E-state index contributed by atoms with van der Waals surface area (Å²) in [4.78, 5) is 0. The zero-order chi connectivity index (χ0) is 9.90. The maximum absolute atomic E-state index is 10.1. The molecule has 1 saturated carbocycles. The van der Waals surface area contributed by atoms with Crippen molar-refractivity contribution >= 4 is 0 Å². The number of aliphatic hydroxyl groups excluding tert-OH is 1. The normalized spacial score (nSPS) is 24.0. The molecule has 1 rings (SSSR count). The summed E-state index contributed by atoms with van der Waals surface area (Å²) in [5, 5.41) is 10.1. The van der Waals surface area contributed by atoms with Crippen LogP contribution in [0, 0.1) is 11.3 Å². The highest BCUT2D eigenvalue weighted by Gasteiger charge is 2.30. The van der Waals surface area contributed by atoms with Crippen LogP contribution in [-0.4, -0.2) is 11.2 Å². The zero-order valence-corrected chi connectivity index (χ0v) is 9.34. The largest absolute Gasteiger partial charge is 0.392 e. The molecule has 1 N–H and O–H groups in total. The highest BCUT2D eigenvalue weighted by atomic mass is 16.3. The Morgan fingerprint density at radius 1 is 1.00 bits per heavy atom. The van der Waals surface area contributed by atoms with Gasteiger partial charge >= 0.3 is 0 Å². The molecule has 1 heteroatoms. The summed E-state index contributed by atoms with van der Waals surface area (Å²) < 4.78 is 0. The van der Waals surface area contributed by atoms with Gasteiger partial charge in [0, 0.05) is 0 Å². The second kappa shape index (κ2) is 4.45. The number of hydrogen-bond acceptors (Lipinski definition) is 1. The average Bonchev–Trinajstić information content (AvgIpc) is 2.28. The lowest BCUT2D eigenvalue weighted by atomic mass is 9.78. The van der Waals surface area contributed by atoms with Crippen LogP contribution < -0.4 is 0 Å². The number of hydrogen-bond donors (Lipinski definition) is 1. The van der Waals surface area contributed by atoms with Gasteiger partial charge in [0.05, 0.1) is 6.10 Å². The van der Waals surface area contributed by atoms with Crippen molar-refractivity contribution in [2.75, 3.05) is 0 Å². The molecule has 0 aromatic carbocycles. The van der Waals surface area contributed by atoms with E-state index in [0.717, 1.165) is 0 Å². The first-order valence-corrected chi connectivity index (χ1v) is 5.70. The number of rotatable bonds is 1. The van der Waals surface area contributed by atoms with E-state index in [1.54, 1.807) is 0 Å². The summed E-state index contributed by atoms with van der Waals surface area (Å²) in [6.45, 7) is 6.42. The predicted octanol–water partition coefficient (Wildman–Crippen LogP) is 3.36. The van der Waals surface area contributed by atoms with E-state index in [1.807, 2.05) is 0 Å². The van der Waals surface area contributed by atoms with Gasteiger partial charge in [-0.2, -0.15) is 0 Å². The topological polar surface area (TPSA) is 20.2 Å². The fourth-order valence-corrected chi connectivity index (χ4v) is 2.33. The summed E-state index contributed by atoms with van der Waals surface area (Å²) >= 11 is 0. The minimum atomic E-state index is -0.106. The predicted molar refractivity (Wildman–Crippen MR) is 56.7 cm³/mol. The van der Waals surface area contributed by atoms with E-state index in [1.165, 1.54) is 38.5 Å². The Kier molecular flexibility index (Phi) is 3.78. The Morgan fingerprint density at radius 3 is 1.85 bits per heavy atom. The molecule has 0 saturated heterocycles. The van der Waals surface area contributed by atoms with Crippen LogP contribution in [0.25, 0.3) is 0 Å². The van der Waals surface area contributed by atoms with Gasteiger partial charge in [-0.25, -0.2) is 0 Å². The third kappa shape index (κ3) is 3.30. The monoisotopic (exact) mass is 184 g/mol. The van der Waals surface area contributed by atoms with Crippen LogP contribution in [0.2, 0.25) is 0 Å². The molecular weight excluding hydrogens is 160 g/mol. The van der Waals surface area contributed by atoms with Crippen LogP contribution in [0.4, 0.5) is 0 Å². The molecule has 0 heterocycles. The molecule has 0 bridgehead atoms. The standard InChI is InChI=1S/C12H24O/c1-12(2,3)11(13)10-8-6-4-5-7-9-10/h10-11,13H,4-9H2,1-3H3. The van der Waals surface area contributed by atoms with Crippen molar-refractivity contribution in [3.63, 3.8) is 0 Å². The Morgan fingerprint density at radius 2 is 1.46 bits per heavy atom. The Hall–Kier alpha value is -0.0400. The third-order valence-corrected chi connectivity index (χ3v) is 3.23. The molecule has 78 valence electrons. The van der Waals surface area contributed by atoms with Gasteiger partial charge in [-0.3, -0.25) is 0 Å². The summed E-state index contributed by atoms with van der Waals surface area (Å²) in [6, 6.07) is 0. The first kappa shape index (κ1) is 11.0. The van der Waals surface area contributed by atoms with Crippen molar-refractivity contribution in [1.82, 2.24) is 0 Å². The SMILES string of the molecule is CC(C)(C)C(O)C1CCCCCC1. The third-order valence-electron chi connectivity index (χ3n) is 3.23. The van der Waals surface area contributed by atoms with Crippen molar-refractivity contribution in [2.24, 2.45) is 11.3 Å². The van der Waals surface area contributed by atoms with Crippen LogP contribution in [0.15, 0.2) is 0 Å². The summed E-state index contributed by atoms with van der Waals surface area (Å²) in [7, 11) is 0. The van der Waals surface area contributed by atoms with Gasteiger partial charge in [-0.1, -0.05) is 46.5 Å². The quantitative estimate of drug-likeness (QED) is 0.619. The molecule has 0 radical (unpaired) electrons. The molecule has 0 aliphatic heterocycles. The first-order valence-electron chi connectivity index (χ1n) is 5.70. The van der Waals surface area contributed by atoms with Crippen molar-refractivity contribution in [3.8, 4) is 0 Å². The smallest absolute Gasteiger partial charge is 0.0616 e. The van der Waals surface area contributed by atoms with Crippen LogP contribution >= 0.6 is 0 Å². The maximum atomic E-state index is 10.1. The van der Waals surface area contributed by atoms with Gasteiger partial charge in [0.25, 0.3) is 0 Å². The van der Waals surface area contributed by atoms with Gasteiger partial charge in [0.1, 0.15) is 0 Å². The minimum absolute atomic E-state index is 0.0645. The summed E-state index contributed by atoms with van der Waals surface area (Å²) in [5.74, 6) is 0.558. The van der Waals surface area contributed by atoms with Crippen molar-refractivity contribution < 1.29 is 5.11 Å². The molecule has 1 atom stereocenters. The van der Waals surface area contributed by atoms with Crippen molar-refractivity contribution in [2.45, 2.75) is 65.4 Å². The second-order valence-corrected chi connectivity index (χ2v) is 5.56. The van der Waals surface area contributed by atoms with E-state index in [-0.39, 0.29) is 11.5 Å².